The van der Waals surface area contributed by atoms with Crippen LogP contribution in [0.15, 0.2) is 486 Å². The number of pyridine rings is 2. The van der Waals surface area contributed by atoms with Crippen LogP contribution in [-0.4, -0.2) is 37.4 Å². The van der Waals surface area contributed by atoms with Gasteiger partial charge in [0, 0.05) is 144 Å². The lowest BCUT2D eigenvalue weighted by atomic mass is 9.98. The molecule has 0 N–H and O–H groups in total. The molecule has 0 unspecified atom stereocenters. The summed E-state index contributed by atoms with van der Waals surface area (Å²) in [4.78, 5) is 8.44. The van der Waals surface area contributed by atoms with E-state index in [1.807, 2.05) is 36.1 Å². The standard InChI is InChI=1S/C54H34N2S.C36H24N2.C34H22N4/c1-3-13-35(14-4-1)39-29-40(36-15-5-2-6-16-36)31-42(30-39)56-50-21-11-8-18-44(50)47-33-38(24-27-52(47)56)37-23-26-51-46(32-37)43-17-7-10-20-49(43)55(51)41-25-28-54-48(34-41)45-19-9-12-22-53(45)57-54;1-3-11-27(12-4-1)37-33-17-9-7-15-29(33)31-23-25(19-21-35(31)37)26-20-22-36-32(24-26)30-16-8-10-18-34(30)38(36)28-13-5-2-6-14-28;1-3-7-31-27(5-1)29-21-23(9-11-33(29)37(31)25-13-17-35-18-14-25)24-10-12-34-30(22-24)28-6-2-4-8-32(28)38(34)26-15-19-36-20-16-26/h1-34H;1-24H;1-22H. The van der Waals surface area contributed by atoms with Crippen LogP contribution >= 0.6 is 11.3 Å². The third-order valence-electron chi connectivity index (χ3n) is 26.9. The minimum absolute atomic E-state index is 1.12. The van der Waals surface area contributed by atoms with E-state index in [1.54, 1.807) is 0 Å². The van der Waals surface area contributed by atoms with E-state index in [2.05, 4.69) is 498 Å². The summed E-state index contributed by atoms with van der Waals surface area (Å²) in [6, 6.07) is 167. The molecular formula is C124H80N8S. The average Bonchev–Trinajstić information content (AvgIpc) is 1.59. The molecule has 0 aliphatic heterocycles. The smallest absolute Gasteiger partial charge is 0.0541 e. The quantitative estimate of drug-likeness (QED) is 0.130. The van der Waals surface area contributed by atoms with Gasteiger partial charge in [0.05, 0.1) is 66.2 Å². The Morgan fingerprint density at radius 2 is 0.368 bits per heavy atom. The van der Waals surface area contributed by atoms with E-state index >= 15 is 0 Å². The summed E-state index contributed by atoms with van der Waals surface area (Å²) < 4.78 is 16.9. The first-order valence-electron chi connectivity index (χ1n) is 45.3. The number of hydrogen-bond donors (Lipinski definition) is 0. The maximum atomic E-state index is 4.22. The fourth-order valence-corrected chi connectivity index (χ4v) is 22.0. The number of nitrogens with zero attached hydrogens (tertiary/aromatic N) is 8. The molecule has 0 bridgehead atoms. The molecule has 0 radical (unpaired) electrons. The summed E-state index contributed by atoms with van der Waals surface area (Å²) in [7, 11) is 0. The summed E-state index contributed by atoms with van der Waals surface area (Å²) in [5.74, 6) is 0. The van der Waals surface area contributed by atoms with Gasteiger partial charge in [-0.05, 0) is 256 Å². The highest BCUT2D eigenvalue weighted by Gasteiger charge is 2.23. The van der Waals surface area contributed by atoms with Crippen molar-refractivity contribution in [2.75, 3.05) is 0 Å². The Balaban J connectivity index is 0.000000108. The Hall–Kier alpha value is -17.5. The molecule has 28 aromatic rings. The van der Waals surface area contributed by atoms with Gasteiger partial charge in [-0.15, -0.1) is 11.3 Å². The zero-order valence-electron chi connectivity index (χ0n) is 72.2. The number of para-hydroxylation sites is 8. The molecule has 0 saturated heterocycles. The minimum Gasteiger partial charge on any atom is -0.309 e. The van der Waals surface area contributed by atoms with Crippen LogP contribution in [0.25, 0.3) is 241 Å². The Kier molecular flexibility index (Phi) is 18.3. The van der Waals surface area contributed by atoms with Gasteiger partial charge in [0.1, 0.15) is 0 Å². The first-order chi connectivity index (χ1) is 66.0. The highest BCUT2D eigenvalue weighted by atomic mass is 32.1. The van der Waals surface area contributed by atoms with Gasteiger partial charge in [-0.3, -0.25) is 9.97 Å². The van der Waals surface area contributed by atoms with Crippen molar-refractivity contribution in [3.05, 3.63) is 486 Å². The van der Waals surface area contributed by atoms with Crippen molar-refractivity contribution in [3.8, 4) is 89.8 Å². The number of benzene rings is 19. The molecule has 0 atom stereocenters. The van der Waals surface area contributed by atoms with E-state index in [4.69, 9.17) is 0 Å². The zero-order valence-corrected chi connectivity index (χ0v) is 73.0. The van der Waals surface area contributed by atoms with Crippen molar-refractivity contribution >= 4 is 162 Å². The molecule has 0 amide bonds. The predicted molar refractivity (Wildman–Crippen MR) is 561 cm³/mol. The van der Waals surface area contributed by atoms with Gasteiger partial charge in [0.25, 0.3) is 0 Å². The summed E-state index contributed by atoms with van der Waals surface area (Å²) in [5, 5.41) is 17.7. The third kappa shape index (κ3) is 13.0. The number of rotatable bonds is 11. The second kappa shape index (κ2) is 31.8. The van der Waals surface area contributed by atoms with Crippen molar-refractivity contribution < 1.29 is 0 Å². The lowest BCUT2D eigenvalue weighted by Crippen LogP contribution is -1.96. The van der Waals surface area contributed by atoms with Gasteiger partial charge in [0.2, 0.25) is 0 Å². The Labute approximate surface area is 769 Å². The molecular weight excluding hydrogens is 1630 g/mol. The van der Waals surface area contributed by atoms with Crippen LogP contribution in [0.1, 0.15) is 0 Å². The van der Waals surface area contributed by atoms with Crippen molar-refractivity contribution in [3.63, 3.8) is 0 Å². The molecule has 8 nitrogen and oxygen atoms in total. The van der Waals surface area contributed by atoms with Crippen molar-refractivity contribution in [1.29, 1.82) is 0 Å². The van der Waals surface area contributed by atoms with E-state index in [0.29, 0.717) is 0 Å². The molecule has 0 fully saturated rings. The lowest BCUT2D eigenvalue weighted by Gasteiger charge is -2.14. The number of fused-ring (bicyclic) bond motifs is 21. The van der Waals surface area contributed by atoms with Crippen molar-refractivity contribution in [2.45, 2.75) is 0 Å². The molecule has 133 heavy (non-hydrogen) atoms. The topological polar surface area (TPSA) is 55.4 Å². The van der Waals surface area contributed by atoms with Crippen molar-refractivity contribution in [1.82, 2.24) is 37.4 Å². The van der Waals surface area contributed by atoms with Gasteiger partial charge < -0.3 is 27.4 Å². The van der Waals surface area contributed by atoms with Gasteiger partial charge in [-0.2, -0.15) is 0 Å². The molecule has 622 valence electrons. The second-order valence-corrected chi connectivity index (χ2v) is 35.5. The van der Waals surface area contributed by atoms with Crippen molar-refractivity contribution in [2.24, 2.45) is 0 Å². The van der Waals surface area contributed by atoms with Crippen LogP contribution in [0.3, 0.4) is 0 Å². The highest BCUT2D eigenvalue weighted by Crippen LogP contribution is 2.46. The maximum Gasteiger partial charge on any atom is 0.0541 e. The Bertz CT molecular complexity index is 8770. The number of hydrogen-bond acceptors (Lipinski definition) is 3. The molecule has 0 spiro atoms. The van der Waals surface area contributed by atoms with Gasteiger partial charge in [-0.25, -0.2) is 0 Å². The number of aromatic nitrogens is 8. The van der Waals surface area contributed by atoms with E-state index in [0.717, 1.165) is 17.1 Å². The van der Waals surface area contributed by atoms with E-state index in [9.17, 15) is 0 Å². The van der Waals surface area contributed by atoms with Crippen LogP contribution in [0.5, 0.6) is 0 Å². The van der Waals surface area contributed by atoms with Crippen LogP contribution in [-0.2, 0) is 0 Å². The molecule has 28 rings (SSSR count). The summed E-state index contributed by atoms with van der Waals surface area (Å²) >= 11 is 1.86. The fraction of sp³-hybridized carbons (Fsp3) is 0. The second-order valence-electron chi connectivity index (χ2n) is 34.4. The SMILES string of the molecule is c1ccc(-c2cc(-c3ccccc3)cc(-n3c4ccccc4c4cc(-c5ccc6c(c5)c5ccccc5n6-c5ccc6sc7ccccc7c6c5)ccc43)c2)cc1.c1ccc(-n2c3ccccc3c3cc(-c4ccc5c(c4)c4ccccc4n5-c4ccccc4)ccc32)cc1.c1ccc2c(c1)c1cc(-c3ccc4c(c3)c3ccccc3n4-c3ccncc3)ccc1n2-c1ccncc1. The van der Waals surface area contributed by atoms with Gasteiger partial charge in [-0.1, -0.05) is 261 Å². The van der Waals surface area contributed by atoms with Crippen LogP contribution in [0, 0.1) is 0 Å². The largest absolute Gasteiger partial charge is 0.309 e. The minimum atomic E-state index is 1.12. The summed E-state index contributed by atoms with van der Waals surface area (Å²) in [6.07, 6.45) is 7.40. The monoisotopic (exact) mass is 1710 g/mol. The zero-order chi connectivity index (χ0) is 87.6. The maximum absolute atomic E-state index is 4.22. The average molecular weight is 1710 g/mol. The van der Waals surface area contributed by atoms with Gasteiger partial charge >= 0.3 is 0 Å². The highest BCUT2D eigenvalue weighted by molar-refractivity contribution is 7.25. The summed E-state index contributed by atoms with van der Waals surface area (Å²) in [5.41, 5.74) is 33.5. The molecule has 0 aliphatic rings. The van der Waals surface area contributed by atoms with Gasteiger partial charge in [0.15, 0.2) is 0 Å². The molecule has 9 heteroatoms. The first-order valence-corrected chi connectivity index (χ1v) is 46.1. The van der Waals surface area contributed by atoms with E-state index < -0.39 is 0 Å². The molecule has 0 saturated carbocycles. The third-order valence-corrected chi connectivity index (χ3v) is 28.1. The number of thiophene rings is 1. The Morgan fingerprint density at radius 3 is 0.684 bits per heavy atom. The van der Waals surface area contributed by atoms with Crippen LogP contribution < -0.4 is 0 Å². The summed E-state index contributed by atoms with van der Waals surface area (Å²) in [6.45, 7) is 0. The molecule has 0 aliphatic carbocycles. The molecule has 19 aromatic carbocycles. The van der Waals surface area contributed by atoms with Crippen LogP contribution in [0.2, 0.25) is 0 Å². The fourth-order valence-electron chi connectivity index (χ4n) is 20.9. The first kappa shape index (κ1) is 76.7. The van der Waals surface area contributed by atoms with E-state index in [1.165, 1.54) is 224 Å². The normalized spacial score (nSPS) is 11.8. The Morgan fingerprint density at radius 1 is 0.128 bits per heavy atom. The molecule has 9 heterocycles. The van der Waals surface area contributed by atoms with E-state index in [-0.39, 0.29) is 0 Å². The molecule has 9 aromatic heterocycles. The predicted octanol–water partition coefficient (Wildman–Crippen LogP) is 33.1. The lowest BCUT2D eigenvalue weighted by molar-refractivity contribution is 1.15. The van der Waals surface area contributed by atoms with Crippen LogP contribution in [0.4, 0.5) is 0 Å².